The number of hydrogen-bond acceptors (Lipinski definition) is 2. The zero-order chi connectivity index (χ0) is 5.11. The van der Waals surface area contributed by atoms with Crippen LogP contribution < -0.4 is 0 Å². The van der Waals surface area contributed by atoms with Gasteiger partial charge in [-0.15, -0.1) is 5.75 Å². The van der Waals surface area contributed by atoms with Crippen molar-refractivity contribution in [2.75, 3.05) is 11.5 Å². The maximum Gasteiger partial charge on any atom is -0.0276 e. The Morgan fingerprint density at radius 1 is 1.43 bits per heavy atom. The van der Waals surface area contributed by atoms with Gasteiger partial charge in [-0.3, -0.25) is 10.8 Å². The summed E-state index contributed by atoms with van der Waals surface area (Å²) in [5.41, 5.74) is 5.63. The molecule has 0 aromatic heterocycles. The summed E-state index contributed by atoms with van der Waals surface area (Å²) in [6.07, 6.45) is 2.73. The van der Waals surface area contributed by atoms with E-state index in [-0.39, 0.29) is 9.33 Å². The van der Waals surface area contributed by atoms with Crippen LogP contribution in [0, 0.1) is 5.69 Å². The first-order chi connectivity index (χ1) is 3.39. The summed E-state index contributed by atoms with van der Waals surface area (Å²) in [5.74, 6) is 2.55. The van der Waals surface area contributed by atoms with Crippen molar-refractivity contribution >= 4 is 20.1 Å². The Balaban J connectivity index is 2.30. The van der Waals surface area contributed by atoms with Gasteiger partial charge in [0.15, 0.2) is 0 Å². The van der Waals surface area contributed by atoms with Gasteiger partial charge in [-0.2, -0.15) is 0 Å². The molecule has 0 N–H and O–H groups in total. The molecule has 0 unspecified atom stereocenters. The van der Waals surface area contributed by atoms with E-state index in [0.717, 1.165) is 0 Å². The van der Waals surface area contributed by atoms with Gasteiger partial charge in [0.05, 0.1) is 0 Å². The van der Waals surface area contributed by atoms with Crippen LogP contribution in [-0.4, -0.2) is 11.5 Å². The van der Waals surface area contributed by atoms with Crippen LogP contribution in [-0.2, 0) is 9.33 Å². The molecule has 1 fully saturated rings. The summed E-state index contributed by atoms with van der Waals surface area (Å²) in [6.45, 7) is 0. The molecule has 42 valence electrons. The van der Waals surface area contributed by atoms with E-state index in [4.69, 9.17) is 5.69 Å². The van der Waals surface area contributed by atoms with Gasteiger partial charge in [-0.25, -0.2) is 0 Å². The topological polar surface area (TPSA) is 0 Å². The van der Waals surface area contributed by atoms with Crippen molar-refractivity contribution in [1.82, 2.24) is 0 Å². The normalized spacial score (nSPS) is 25.0. The molecule has 2 heteroatoms. The molecule has 0 radical (unpaired) electrons. The maximum absolute atomic E-state index is 5.63. The largest absolute Gasteiger partial charge is 0.403 e. The lowest BCUT2D eigenvalue weighted by atomic mass is 10.4. The Labute approximate surface area is 50.6 Å². The van der Waals surface area contributed by atoms with E-state index in [0.29, 0.717) is 0 Å². The minimum Gasteiger partial charge on any atom is -0.403 e. The number of hydrogen-bond donors (Lipinski definition) is 0. The lowest BCUT2D eigenvalue weighted by Gasteiger charge is -2.22. The Bertz CT molecular complexity index is 99.0. The second-order valence-electron chi connectivity index (χ2n) is 1.61. The molecule has 1 rings (SSSR count). The van der Waals surface area contributed by atoms with Crippen molar-refractivity contribution in [2.45, 2.75) is 12.8 Å². The van der Waals surface area contributed by atoms with Crippen molar-refractivity contribution in [2.24, 2.45) is 0 Å². The Morgan fingerprint density at radius 3 is 2.57 bits per heavy atom. The molecule has 0 bridgehead atoms. The average Bonchev–Trinajstić information content (AvgIpc) is 1.69. The summed E-state index contributed by atoms with van der Waals surface area (Å²) in [4.78, 5) is 0. The van der Waals surface area contributed by atoms with Gasteiger partial charge in [0.1, 0.15) is 0 Å². The second-order valence-corrected chi connectivity index (χ2v) is 5.42. The minimum absolute atomic E-state index is 0.226. The van der Waals surface area contributed by atoms with E-state index in [2.05, 4.69) is 0 Å². The highest BCUT2D eigenvalue weighted by atomic mass is 33.1. The van der Waals surface area contributed by atoms with Gasteiger partial charge < -0.3 is 15.0 Å². The monoisotopic (exact) mass is 133 g/mol. The molecule has 0 nitrogen and oxygen atoms in total. The maximum atomic E-state index is 5.63. The van der Waals surface area contributed by atoms with Crippen LogP contribution in [0.15, 0.2) is 0 Å². The Hall–Kier alpha value is 0.480. The molecular formula is C5H9S2-. The van der Waals surface area contributed by atoms with Gasteiger partial charge in [-0.1, -0.05) is 6.42 Å². The molecule has 1 aliphatic rings. The predicted octanol–water partition coefficient (Wildman–Crippen LogP) is 1.64. The third kappa shape index (κ3) is 1.81. The van der Waals surface area contributed by atoms with E-state index in [1.807, 2.05) is 10.8 Å². The van der Waals surface area contributed by atoms with Crippen LogP contribution >= 0.6 is 10.8 Å². The highest BCUT2D eigenvalue weighted by Gasteiger charge is 1.88. The molecular weight excluding hydrogens is 124 g/mol. The Morgan fingerprint density at radius 2 is 2.29 bits per heavy atom. The lowest BCUT2D eigenvalue weighted by molar-refractivity contribution is 0.904. The fourth-order valence-corrected chi connectivity index (χ4v) is 3.42. The van der Waals surface area contributed by atoms with Gasteiger partial charge in [0, 0.05) is 0 Å². The second kappa shape index (κ2) is 2.71. The molecule has 0 aromatic rings. The fourth-order valence-electron chi connectivity index (χ4n) is 0.571. The van der Waals surface area contributed by atoms with Crippen LogP contribution in [0.2, 0.25) is 0 Å². The zero-order valence-corrected chi connectivity index (χ0v) is 5.86. The molecule has 1 aliphatic heterocycles. The van der Waals surface area contributed by atoms with Gasteiger partial charge >= 0.3 is 0 Å². The first-order valence-electron chi connectivity index (χ1n) is 2.48. The van der Waals surface area contributed by atoms with Gasteiger partial charge in [0.2, 0.25) is 0 Å². The zero-order valence-electron chi connectivity index (χ0n) is 4.22. The molecule has 0 aliphatic carbocycles. The third-order valence-corrected chi connectivity index (χ3v) is 4.33. The van der Waals surface area contributed by atoms with Crippen LogP contribution in [0.1, 0.15) is 12.8 Å². The molecule has 0 amide bonds. The van der Waals surface area contributed by atoms with Crippen molar-refractivity contribution < 1.29 is 0 Å². The van der Waals surface area contributed by atoms with Crippen molar-refractivity contribution in [3.8, 4) is 5.69 Å². The van der Waals surface area contributed by atoms with Crippen molar-refractivity contribution in [3.63, 3.8) is 0 Å². The van der Waals surface area contributed by atoms with E-state index >= 15 is 0 Å². The van der Waals surface area contributed by atoms with Crippen molar-refractivity contribution in [1.29, 1.82) is 0 Å². The molecule has 7 heavy (non-hydrogen) atoms. The third-order valence-electron chi connectivity index (χ3n) is 0.975. The summed E-state index contributed by atoms with van der Waals surface area (Å²) in [6, 6.07) is 0. The Kier molecular flexibility index (Phi) is 2.17. The molecule has 0 spiro atoms. The summed E-state index contributed by atoms with van der Waals surface area (Å²) >= 11 is 0. The molecule has 0 aromatic carbocycles. The van der Waals surface area contributed by atoms with Crippen LogP contribution in [0.5, 0.6) is 0 Å². The SMILES string of the molecule is C#[S-]1CCCCS1. The molecule has 0 atom stereocenters. The predicted molar refractivity (Wildman–Crippen MR) is 38.9 cm³/mol. The first-order valence-corrected chi connectivity index (χ1v) is 5.44. The van der Waals surface area contributed by atoms with Crippen LogP contribution in [0.25, 0.3) is 0 Å². The van der Waals surface area contributed by atoms with Crippen LogP contribution in [0.4, 0.5) is 0 Å². The minimum atomic E-state index is 0.226. The van der Waals surface area contributed by atoms with Crippen molar-refractivity contribution in [3.05, 3.63) is 0 Å². The summed E-state index contributed by atoms with van der Waals surface area (Å²) in [5, 5.41) is 0. The quantitative estimate of drug-likeness (QED) is 0.357. The average molecular weight is 133 g/mol. The van der Waals surface area contributed by atoms with Gasteiger partial charge in [0.25, 0.3) is 0 Å². The fraction of sp³-hybridized carbons (Fsp3) is 0.800. The van der Waals surface area contributed by atoms with Crippen LogP contribution in [0.3, 0.4) is 0 Å². The molecule has 0 saturated carbocycles. The smallest absolute Gasteiger partial charge is 0.0276 e. The van der Waals surface area contributed by atoms with E-state index < -0.39 is 0 Å². The molecule has 1 saturated heterocycles. The summed E-state index contributed by atoms with van der Waals surface area (Å²) < 4.78 is 0. The lowest BCUT2D eigenvalue weighted by Crippen LogP contribution is -1.97. The number of rotatable bonds is 0. The summed E-state index contributed by atoms with van der Waals surface area (Å²) in [7, 11) is 2.15. The standard InChI is InChI=1S/C5H9S2/c1-7-5-3-2-4-6-7/h1H,2-5H2/q-1. The van der Waals surface area contributed by atoms with E-state index in [1.165, 1.54) is 24.3 Å². The highest BCUT2D eigenvalue weighted by Crippen LogP contribution is 2.16. The molecule has 1 heterocycles. The highest BCUT2D eigenvalue weighted by molar-refractivity contribution is 8.69. The van der Waals surface area contributed by atoms with Gasteiger partial charge in [-0.05, 0) is 12.2 Å². The van der Waals surface area contributed by atoms with E-state index in [1.54, 1.807) is 0 Å². The van der Waals surface area contributed by atoms with E-state index in [9.17, 15) is 0 Å². The first kappa shape index (κ1) is 5.61.